The molecule has 1 aliphatic carbocycles. The van der Waals surface area contributed by atoms with Crippen molar-refractivity contribution >= 4 is 0 Å². The average Bonchev–Trinajstić information content (AvgIpc) is 3.01. The lowest BCUT2D eigenvalue weighted by Gasteiger charge is -2.04. The van der Waals surface area contributed by atoms with Crippen molar-refractivity contribution in [2.24, 2.45) is 5.92 Å². The van der Waals surface area contributed by atoms with E-state index in [4.69, 9.17) is 4.74 Å². The first-order valence-corrected chi connectivity index (χ1v) is 6.18. The van der Waals surface area contributed by atoms with Crippen LogP contribution in [0.1, 0.15) is 25.3 Å². The molecular formula is C12H21N3O. The molecular weight excluding hydrogens is 202 g/mol. The van der Waals surface area contributed by atoms with Gasteiger partial charge < -0.3 is 10.1 Å². The van der Waals surface area contributed by atoms with Crippen molar-refractivity contribution in [2.75, 3.05) is 19.8 Å². The summed E-state index contributed by atoms with van der Waals surface area (Å²) in [6.07, 6.45) is 6.73. The lowest BCUT2D eigenvalue weighted by Crippen LogP contribution is -2.19. The summed E-state index contributed by atoms with van der Waals surface area (Å²) in [5.74, 6) is 0.864. The van der Waals surface area contributed by atoms with Crippen molar-refractivity contribution < 1.29 is 4.74 Å². The highest BCUT2D eigenvalue weighted by molar-refractivity contribution is 5.02. The summed E-state index contributed by atoms with van der Waals surface area (Å²) in [6.45, 7) is 6.60. The van der Waals surface area contributed by atoms with Gasteiger partial charge in [0.2, 0.25) is 0 Å². The number of hydrogen-bond donors (Lipinski definition) is 1. The number of aryl methyl sites for hydroxylation is 1. The smallest absolute Gasteiger partial charge is 0.0591 e. The fraction of sp³-hybridized carbons (Fsp3) is 0.750. The molecule has 0 radical (unpaired) electrons. The van der Waals surface area contributed by atoms with Crippen molar-refractivity contribution in [3.8, 4) is 0 Å². The summed E-state index contributed by atoms with van der Waals surface area (Å²) < 4.78 is 7.48. The van der Waals surface area contributed by atoms with Gasteiger partial charge in [0.25, 0.3) is 0 Å². The van der Waals surface area contributed by atoms with Gasteiger partial charge in [-0.3, -0.25) is 4.68 Å². The SMILES string of the molecule is CCn1cc(CNCCOCC2CC2)cn1. The maximum atomic E-state index is 5.54. The largest absolute Gasteiger partial charge is 0.380 e. The van der Waals surface area contributed by atoms with Gasteiger partial charge in [0.1, 0.15) is 0 Å². The molecule has 0 aromatic carbocycles. The topological polar surface area (TPSA) is 39.1 Å². The molecule has 0 spiro atoms. The number of aromatic nitrogens is 2. The Kier molecular flexibility index (Phi) is 4.36. The van der Waals surface area contributed by atoms with Crippen LogP contribution in [0.3, 0.4) is 0 Å². The predicted molar refractivity (Wildman–Crippen MR) is 63.2 cm³/mol. The second kappa shape index (κ2) is 6.01. The van der Waals surface area contributed by atoms with Crippen LogP contribution in [-0.4, -0.2) is 29.5 Å². The van der Waals surface area contributed by atoms with Gasteiger partial charge in [-0.05, 0) is 25.7 Å². The minimum Gasteiger partial charge on any atom is -0.380 e. The third-order valence-corrected chi connectivity index (χ3v) is 2.81. The summed E-state index contributed by atoms with van der Waals surface area (Å²) in [6, 6.07) is 0. The highest BCUT2D eigenvalue weighted by atomic mass is 16.5. The van der Waals surface area contributed by atoms with Crippen LogP contribution in [-0.2, 0) is 17.8 Å². The van der Waals surface area contributed by atoms with Crippen molar-refractivity contribution in [2.45, 2.75) is 32.9 Å². The third-order valence-electron chi connectivity index (χ3n) is 2.81. The second-order valence-electron chi connectivity index (χ2n) is 4.40. The summed E-state index contributed by atoms with van der Waals surface area (Å²) in [5, 5.41) is 7.58. The highest BCUT2D eigenvalue weighted by Crippen LogP contribution is 2.28. The molecule has 1 heterocycles. The predicted octanol–water partition coefficient (Wildman–Crippen LogP) is 1.42. The van der Waals surface area contributed by atoms with Crippen LogP contribution in [0.25, 0.3) is 0 Å². The molecule has 1 aromatic heterocycles. The first-order chi connectivity index (χ1) is 7.88. The molecule has 4 nitrogen and oxygen atoms in total. The Morgan fingerprint density at radius 2 is 2.44 bits per heavy atom. The van der Waals surface area contributed by atoms with E-state index < -0.39 is 0 Å². The zero-order valence-corrected chi connectivity index (χ0v) is 9.98. The van der Waals surface area contributed by atoms with E-state index in [2.05, 4.69) is 23.5 Å². The molecule has 16 heavy (non-hydrogen) atoms. The first-order valence-electron chi connectivity index (χ1n) is 6.18. The number of rotatable bonds is 8. The van der Waals surface area contributed by atoms with Crippen molar-refractivity contribution in [1.82, 2.24) is 15.1 Å². The lowest BCUT2D eigenvalue weighted by molar-refractivity contribution is 0.126. The van der Waals surface area contributed by atoms with Gasteiger partial charge in [0.15, 0.2) is 0 Å². The number of nitrogens with zero attached hydrogens (tertiary/aromatic N) is 2. The van der Waals surface area contributed by atoms with E-state index >= 15 is 0 Å². The fourth-order valence-corrected chi connectivity index (χ4v) is 1.58. The van der Waals surface area contributed by atoms with Crippen LogP contribution in [0.15, 0.2) is 12.4 Å². The maximum Gasteiger partial charge on any atom is 0.0591 e. The van der Waals surface area contributed by atoms with E-state index in [0.717, 1.165) is 38.8 Å². The standard InChI is InChI=1S/C12H21N3O/c1-2-15-9-12(8-14-15)7-13-5-6-16-10-11-3-4-11/h8-9,11,13H,2-7,10H2,1H3. The molecule has 1 N–H and O–H groups in total. The zero-order valence-electron chi connectivity index (χ0n) is 9.98. The van der Waals surface area contributed by atoms with E-state index in [1.807, 2.05) is 10.9 Å². The second-order valence-corrected chi connectivity index (χ2v) is 4.40. The fourth-order valence-electron chi connectivity index (χ4n) is 1.58. The molecule has 1 aromatic rings. The molecule has 2 rings (SSSR count). The normalized spacial score (nSPS) is 15.6. The van der Waals surface area contributed by atoms with Gasteiger partial charge in [-0.2, -0.15) is 5.10 Å². The molecule has 4 heteroatoms. The minimum atomic E-state index is 0.818. The quantitative estimate of drug-likeness (QED) is 0.677. The molecule has 0 bridgehead atoms. The number of hydrogen-bond acceptors (Lipinski definition) is 3. The Bertz CT molecular complexity index is 307. The third kappa shape index (κ3) is 3.94. The molecule has 1 saturated carbocycles. The molecule has 1 aliphatic rings. The van der Waals surface area contributed by atoms with E-state index in [-0.39, 0.29) is 0 Å². The Morgan fingerprint density at radius 1 is 1.56 bits per heavy atom. The first kappa shape index (κ1) is 11.6. The monoisotopic (exact) mass is 223 g/mol. The molecule has 0 aliphatic heterocycles. The average molecular weight is 223 g/mol. The summed E-state index contributed by atoms with van der Waals surface area (Å²) in [4.78, 5) is 0. The summed E-state index contributed by atoms with van der Waals surface area (Å²) in [7, 11) is 0. The van der Waals surface area contributed by atoms with Crippen LogP contribution in [0, 0.1) is 5.92 Å². The van der Waals surface area contributed by atoms with Crippen molar-refractivity contribution in [1.29, 1.82) is 0 Å². The maximum absolute atomic E-state index is 5.54. The molecule has 0 unspecified atom stereocenters. The van der Waals surface area contributed by atoms with Crippen LogP contribution in [0.2, 0.25) is 0 Å². The van der Waals surface area contributed by atoms with E-state index in [0.29, 0.717) is 0 Å². The van der Waals surface area contributed by atoms with Crippen LogP contribution in [0.5, 0.6) is 0 Å². The van der Waals surface area contributed by atoms with Crippen LogP contribution >= 0.6 is 0 Å². The van der Waals surface area contributed by atoms with E-state index in [9.17, 15) is 0 Å². The number of ether oxygens (including phenoxy) is 1. The number of nitrogens with one attached hydrogen (secondary N) is 1. The van der Waals surface area contributed by atoms with Gasteiger partial charge in [-0.15, -0.1) is 0 Å². The molecule has 0 saturated heterocycles. The van der Waals surface area contributed by atoms with Gasteiger partial charge in [-0.1, -0.05) is 0 Å². The van der Waals surface area contributed by atoms with Crippen molar-refractivity contribution in [3.63, 3.8) is 0 Å². The van der Waals surface area contributed by atoms with Gasteiger partial charge in [0, 0.05) is 38.0 Å². The minimum absolute atomic E-state index is 0.818. The molecule has 90 valence electrons. The Morgan fingerprint density at radius 3 is 3.12 bits per heavy atom. The molecule has 0 atom stereocenters. The lowest BCUT2D eigenvalue weighted by atomic mass is 10.3. The van der Waals surface area contributed by atoms with Crippen LogP contribution < -0.4 is 5.32 Å². The Labute approximate surface area is 97.0 Å². The van der Waals surface area contributed by atoms with Gasteiger partial charge in [0.05, 0.1) is 12.8 Å². The van der Waals surface area contributed by atoms with Gasteiger partial charge >= 0.3 is 0 Å². The van der Waals surface area contributed by atoms with Gasteiger partial charge in [-0.25, -0.2) is 0 Å². The molecule has 0 amide bonds. The Hall–Kier alpha value is -0.870. The van der Waals surface area contributed by atoms with E-state index in [1.54, 1.807) is 0 Å². The summed E-state index contributed by atoms with van der Waals surface area (Å²) >= 11 is 0. The van der Waals surface area contributed by atoms with E-state index in [1.165, 1.54) is 18.4 Å². The van der Waals surface area contributed by atoms with Crippen molar-refractivity contribution in [3.05, 3.63) is 18.0 Å². The van der Waals surface area contributed by atoms with Crippen LogP contribution in [0.4, 0.5) is 0 Å². The Balaban J connectivity index is 1.49. The highest BCUT2D eigenvalue weighted by Gasteiger charge is 2.20. The summed E-state index contributed by atoms with van der Waals surface area (Å²) in [5.41, 5.74) is 1.24. The zero-order chi connectivity index (χ0) is 11.2. The molecule has 1 fully saturated rings.